The van der Waals surface area contributed by atoms with Crippen LogP contribution in [0.3, 0.4) is 0 Å². The van der Waals surface area contributed by atoms with Gasteiger partial charge in [0.05, 0.1) is 6.42 Å². The minimum atomic E-state index is -0.531. The van der Waals surface area contributed by atoms with Gasteiger partial charge in [0.2, 0.25) is 5.91 Å². The zero-order valence-electron chi connectivity index (χ0n) is 11.8. The van der Waals surface area contributed by atoms with Crippen molar-refractivity contribution in [3.8, 4) is 0 Å². The molecule has 0 unspecified atom stereocenters. The van der Waals surface area contributed by atoms with Gasteiger partial charge in [0.1, 0.15) is 5.69 Å². The van der Waals surface area contributed by atoms with E-state index in [9.17, 15) is 14.4 Å². The van der Waals surface area contributed by atoms with Gasteiger partial charge in [-0.3, -0.25) is 25.2 Å². The van der Waals surface area contributed by atoms with Crippen molar-refractivity contribution in [3.63, 3.8) is 0 Å². The molecular weight excluding hydrogens is 306 g/mol. The van der Waals surface area contributed by atoms with Gasteiger partial charge in [-0.25, -0.2) is 0 Å². The van der Waals surface area contributed by atoms with Gasteiger partial charge in [0.15, 0.2) is 5.78 Å². The smallest absolute Gasteiger partial charge is 0.286 e. The maximum absolute atomic E-state index is 11.8. The molecular formula is C15H14ClN3O3. The zero-order chi connectivity index (χ0) is 16.1. The number of aromatic amines is 1. The number of halogens is 1. The Balaban J connectivity index is 1.86. The number of hydrazine groups is 1. The monoisotopic (exact) mass is 319 g/mol. The predicted octanol–water partition coefficient (Wildman–Crippen LogP) is 1.87. The van der Waals surface area contributed by atoms with Gasteiger partial charge in [-0.2, -0.15) is 0 Å². The van der Waals surface area contributed by atoms with E-state index in [0.29, 0.717) is 10.6 Å². The molecule has 1 aromatic heterocycles. The van der Waals surface area contributed by atoms with Crippen LogP contribution in [0.15, 0.2) is 36.5 Å². The lowest BCUT2D eigenvalue weighted by Gasteiger charge is -2.06. The Kier molecular flexibility index (Phi) is 4.95. The summed E-state index contributed by atoms with van der Waals surface area (Å²) in [5.74, 6) is -1.05. The molecule has 114 valence electrons. The topological polar surface area (TPSA) is 91.1 Å². The Bertz CT molecular complexity index is 707. The fraction of sp³-hybridized carbons (Fsp3) is 0.133. The normalized spacial score (nSPS) is 10.1. The molecule has 0 aliphatic heterocycles. The van der Waals surface area contributed by atoms with E-state index >= 15 is 0 Å². The average molecular weight is 320 g/mol. The first kappa shape index (κ1) is 15.8. The lowest BCUT2D eigenvalue weighted by molar-refractivity contribution is -0.121. The number of Topliss-reactive ketones (excluding diaryl/α,β-unsaturated/α-hetero) is 1. The lowest BCUT2D eigenvalue weighted by Crippen LogP contribution is -2.42. The van der Waals surface area contributed by atoms with Gasteiger partial charge in [0.25, 0.3) is 5.91 Å². The number of benzene rings is 1. The molecule has 2 rings (SSSR count). The summed E-state index contributed by atoms with van der Waals surface area (Å²) < 4.78 is 0. The number of ketones is 1. The largest absolute Gasteiger partial charge is 0.356 e. The van der Waals surface area contributed by atoms with E-state index in [2.05, 4.69) is 15.8 Å². The summed E-state index contributed by atoms with van der Waals surface area (Å²) in [4.78, 5) is 37.3. The quantitative estimate of drug-likeness (QED) is 0.593. The average Bonchev–Trinajstić information content (AvgIpc) is 2.97. The Morgan fingerprint density at radius 1 is 1.14 bits per heavy atom. The number of hydrogen-bond acceptors (Lipinski definition) is 3. The highest BCUT2D eigenvalue weighted by molar-refractivity contribution is 6.30. The molecule has 2 amide bonds. The molecule has 0 saturated heterocycles. The number of H-pyrrole nitrogens is 1. The summed E-state index contributed by atoms with van der Waals surface area (Å²) in [6, 6.07) is 8.25. The fourth-order valence-electron chi connectivity index (χ4n) is 1.75. The molecule has 0 fully saturated rings. The molecule has 0 spiro atoms. The Hall–Kier alpha value is -2.60. The highest BCUT2D eigenvalue weighted by Gasteiger charge is 2.11. The molecule has 0 aliphatic carbocycles. The summed E-state index contributed by atoms with van der Waals surface area (Å²) in [6.07, 6.45) is 1.55. The number of nitrogens with one attached hydrogen (secondary N) is 3. The third-order valence-electron chi connectivity index (χ3n) is 2.93. The molecule has 7 heteroatoms. The van der Waals surface area contributed by atoms with Crippen LogP contribution >= 0.6 is 11.6 Å². The van der Waals surface area contributed by atoms with E-state index in [4.69, 9.17) is 11.6 Å². The third-order valence-corrected chi connectivity index (χ3v) is 3.18. The van der Waals surface area contributed by atoms with Crippen LogP contribution in [0.25, 0.3) is 0 Å². The summed E-state index contributed by atoms with van der Waals surface area (Å²) in [5, 5.41) is 0.588. The lowest BCUT2D eigenvalue weighted by atomic mass is 10.1. The minimum Gasteiger partial charge on any atom is -0.356 e. The van der Waals surface area contributed by atoms with Crippen LogP contribution < -0.4 is 10.9 Å². The fourth-order valence-corrected chi connectivity index (χ4v) is 1.88. The molecule has 6 nitrogen and oxygen atoms in total. The Labute approximate surface area is 131 Å². The van der Waals surface area contributed by atoms with Crippen molar-refractivity contribution in [2.75, 3.05) is 0 Å². The third kappa shape index (κ3) is 4.20. The van der Waals surface area contributed by atoms with E-state index in [1.54, 1.807) is 24.3 Å². The molecule has 0 saturated carbocycles. The first-order valence-corrected chi connectivity index (χ1v) is 6.86. The highest BCUT2D eigenvalue weighted by atomic mass is 35.5. The van der Waals surface area contributed by atoms with Gasteiger partial charge in [0, 0.05) is 16.8 Å². The Morgan fingerprint density at radius 3 is 2.41 bits per heavy atom. The maximum Gasteiger partial charge on any atom is 0.286 e. The second-order valence-corrected chi connectivity index (χ2v) is 5.10. The van der Waals surface area contributed by atoms with Gasteiger partial charge < -0.3 is 4.98 Å². The number of rotatable bonds is 4. The van der Waals surface area contributed by atoms with Crippen molar-refractivity contribution >= 4 is 29.2 Å². The number of aromatic nitrogens is 1. The van der Waals surface area contributed by atoms with Gasteiger partial charge in [-0.05, 0) is 30.7 Å². The van der Waals surface area contributed by atoms with Crippen LogP contribution in [0.4, 0.5) is 0 Å². The van der Waals surface area contributed by atoms with E-state index in [1.807, 2.05) is 0 Å². The highest BCUT2D eigenvalue weighted by Crippen LogP contribution is 2.09. The van der Waals surface area contributed by atoms with Gasteiger partial charge in [-0.1, -0.05) is 23.7 Å². The van der Waals surface area contributed by atoms with Crippen molar-refractivity contribution in [2.45, 2.75) is 13.3 Å². The number of amides is 2. The molecule has 22 heavy (non-hydrogen) atoms. The van der Waals surface area contributed by atoms with E-state index in [-0.39, 0.29) is 23.8 Å². The summed E-state index contributed by atoms with van der Waals surface area (Å²) in [7, 11) is 0. The van der Waals surface area contributed by atoms with Crippen molar-refractivity contribution in [1.29, 1.82) is 0 Å². The van der Waals surface area contributed by atoms with Crippen molar-refractivity contribution in [2.24, 2.45) is 0 Å². The first-order valence-electron chi connectivity index (χ1n) is 6.48. The molecule has 2 aromatic rings. The minimum absolute atomic E-state index is 0.112. The number of hydrogen-bond donors (Lipinski definition) is 3. The second-order valence-electron chi connectivity index (χ2n) is 4.66. The van der Waals surface area contributed by atoms with E-state index in [1.165, 1.54) is 19.2 Å². The van der Waals surface area contributed by atoms with Crippen LogP contribution in [0.2, 0.25) is 5.02 Å². The molecule has 3 N–H and O–H groups in total. The molecule has 0 atom stereocenters. The van der Waals surface area contributed by atoms with Crippen LogP contribution in [-0.4, -0.2) is 22.6 Å². The summed E-state index contributed by atoms with van der Waals surface area (Å²) in [6.45, 7) is 1.40. The summed E-state index contributed by atoms with van der Waals surface area (Å²) >= 11 is 5.76. The predicted molar refractivity (Wildman–Crippen MR) is 81.6 cm³/mol. The molecule has 0 radical (unpaired) electrons. The van der Waals surface area contributed by atoms with Crippen LogP contribution in [0.1, 0.15) is 33.3 Å². The molecule has 0 bridgehead atoms. The van der Waals surface area contributed by atoms with Gasteiger partial charge in [-0.15, -0.1) is 0 Å². The maximum atomic E-state index is 11.8. The van der Waals surface area contributed by atoms with E-state index < -0.39 is 5.91 Å². The first-order chi connectivity index (χ1) is 10.5. The number of carbonyl (C=O) groups is 3. The molecule has 0 aliphatic rings. The van der Waals surface area contributed by atoms with Crippen molar-refractivity contribution in [3.05, 3.63) is 58.4 Å². The summed E-state index contributed by atoms with van der Waals surface area (Å²) in [5.41, 5.74) is 5.95. The van der Waals surface area contributed by atoms with Crippen LogP contribution in [0, 0.1) is 0 Å². The van der Waals surface area contributed by atoms with Crippen LogP contribution in [-0.2, 0) is 11.2 Å². The van der Waals surface area contributed by atoms with Crippen molar-refractivity contribution in [1.82, 2.24) is 15.8 Å². The second kappa shape index (κ2) is 6.91. The SMILES string of the molecule is CC(=O)c1c[nH]c(C(=O)NNC(=O)Cc2ccc(Cl)cc2)c1. The number of carbonyl (C=O) groups excluding carboxylic acids is 3. The standard InChI is InChI=1S/C15H14ClN3O3/c1-9(20)11-7-13(17-8-11)15(22)19-18-14(21)6-10-2-4-12(16)5-3-10/h2-5,7-8,17H,6H2,1H3,(H,18,21)(H,19,22). The molecule has 1 heterocycles. The van der Waals surface area contributed by atoms with Gasteiger partial charge >= 0.3 is 0 Å². The van der Waals surface area contributed by atoms with Crippen molar-refractivity contribution < 1.29 is 14.4 Å². The molecule has 1 aromatic carbocycles. The van der Waals surface area contributed by atoms with Crippen LogP contribution in [0.5, 0.6) is 0 Å². The zero-order valence-corrected chi connectivity index (χ0v) is 12.5. The van der Waals surface area contributed by atoms with E-state index in [0.717, 1.165) is 5.56 Å². The Morgan fingerprint density at radius 2 is 1.82 bits per heavy atom.